The molecule has 1 unspecified atom stereocenters. The second-order valence-electron chi connectivity index (χ2n) is 14.6. The Morgan fingerprint density at radius 2 is 1.76 bits per heavy atom. The van der Waals surface area contributed by atoms with Crippen LogP contribution in [0.1, 0.15) is 57.6 Å². The Morgan fingerprint density at radius 1 is 1.06 bits per heavy atom. The summed E-state index contributed by atoms with van der Waals surface area (Å²) >= 11 is 0. The van der Waals surface area contributed by atoms with E-state index in [4.69, 9.17) is 4.74 Å². The van der Waals surface area contributed by atoms with Gasteiger partial charge in [0, 0.05) is 30.1 Å². The van der Waals surface area contributed by atoms with Crippen molar-refractivity contribution in [2.45, 2.75) is 88.5 Å². The highest BCUT2D eigenvalue weighted by Gasteiger charge is 2.62. The third kappa shape index (κ3) is 7.05. The highest BCUT2D eigenvalue weighted by Crippen LogP contribution is 2.45. The fraction of sp³-hybridized carbons (Fsp3) is 0.486. The Kier molecular flexibility index (Phi) is 9.16. The van der Waals surface area contributed by atoms with Gasteiger partial charge in [0.1, 0.15) is 35.4 Å². The van der Waals surface area contributed by atoms with E-state index in [-0.39, 0.29) is 32.5 Å². The maximum atomic E-state index is 14.4. The van der Waals surface area contributed by atoms with Gasteiger partial charge in [-0.25, -0.2) is 22.0 Å². The van der Waals surface area contributed by atoms with Crippen molar-refractivity contribution in [2.24, 2.45) is 11.3 Å². The van der Waals surface area contributed by atoms with Crippen molar-refractivity contribution in [3.8, 4) is 0 Å². The molecule has 15 heteroatoms. The second-order valence-corrected chi connectivity index (χ2v) is 16.6. The van der Waals surface area contributed by atoms with Crippen molar-refractivity contribution < 1.29 is 41.1 Å². The first-order chi connectivity index (χ1) is 23.5. The van der Waals surface area contributed by atoms with Gasteiger partial charge in [-0.2, -0.15) is 0 Å². The number of hydrogen-bond acceptors (Lipinski definition) is 8. The number of amides is 4. The van der Waals surface area contributed by atoms with Crippen LogP contribution in [0.4, 0.5) is 19.3 Å². The van der Waals surface area contributed by atoms with Crippen LogP contribution in [0.25, 0.3) is 0 Å². The summed E-state index contributed by atoms with van der Waals surface area (Å²) in [6.45, 7) is 9.13. The average molecular weight is 714 g/mol. The van der Waals surface area contributed by atoms with Gasteiger partial charge in [-0.05, 0) is 60.6 Å². The lowest BCUT2D eigenvalue weighted by Crippen LogP contribution is -2.58. The van der Waals surface area contributed by atoms with Crippen molar-refractivity contribution in [3.05, 3.63) is 77.9 Å². The Balaban J connectivity index is 1.24. The zero-order valence-electron chi connectivity index (χ0n) is 28.1. The van der Waals surface area contributed by atoms with Crippen LogP contribution in [-0.4, -0.2) is 77.6 Å². The first-order valence-corrected chi connectivity index (χ1v) is 18.1. The van der Waals surface area contributed by atoms with Crippen molar-refractivity contribution >= 4 is 39.5 Å². The Bertz CT molecular complexity index is 1830. The van der Waals surface area contributed by atoms with Gasteiger partial charge >= 0.3 is 6.09 Å². The van der Waals surface area contributed by atoms with Crippen molar-refractivity contribution in [1.82, 2.24) is 19.8 Å². The average Bonchev–Trinajstić information content (AvgIpc) is 3.94. The van der Waals surface area contributed by atoms with Gasteiger partial charge in [0.05, 0.1) is 18.3 Å². The fourth-order valence-electron chi connectivity index (χ4n) is 6.65. The molecule has 5 atom stereocenters. The standard InChI is InChI=1S/C35H41F2N5O7S/c1-5-21-16-35(21,32(45)40-50(47,48)25-13-14-25)39-30(43)28-15-24(49-33(46)41-17-20-7-6-8-27(37)26(20)19-41)18-42(28)31(44)29(34(2,3)4)38-23-11-9-22(36)10-12-23/h5-12,21,24-25,28-29,38H,1,13-19H2,2-4H3,(H,39,43)(H,40,45)/t21-,24-,28?,29-,35-/m1/s1. The first-order valence-electron chi connectivity index (χ1n) is 16.6. The summed E-state index contributed by atoms with van der Waals surface area (Å²) in [6, 6.07) is 7.90. The molecule has 6 rings (SSSR count). The predicted octanol–water partition coefficient (Wildman–Crippen LogP) is 3.58. The van der Waals surface area contributed by atoms with Gasteiger partial charge in [0.2, 0.25) is 21.8 Å². The van der Waals surface area contributed by atoms with E-state index in [9.17, 15) is 36.4 Å². The lowest BCUT2D eigenvalue weighted by molar-refractivity contribution is -0.141. The normalized spacial score (nSPS) is 24.9. The third-order valence-electron chi connectivity index (χ3n) is 9.82. The number of sulfonamides is 1. The number of carbonyl (C=O) groups is 4. The summed E-state index contributed by atoms with van der Waals surface area (Å²) in [5.41, 5.74) is -0.821. The second kappa shape index (κ2) is 13.0. The minimum atomic E-state index is -3.92. The number of halogens is 2. The molecule has 0 spiro atoms. The molecule has 3 fully saturated rings. The van der Waals surface area contributed by atoms with E-state index in [1.807, 2.05) is 20.8 Å². The van der Waals surface area contributed by atoms with Crippen LogP contribution in [0.5, 0.6) is 0 Å². The van der Waals surface area contributed by atoms with Crippen LogP contribution in [0.15, 0.2) is 55.1 Å². The molecule has 2 aromatic rings. The molecule has 3 N–H and O–H groups in total. The van der Waals surface area contributed by atoms with Gasteiger partial charge in [0.25, 0.3) is 5.91 Å². The molecule has 12 nitrogen and oxygen atoms in total. The van der Waals surface area contributed by atoms with E-state index in [1.165, 1.54) is 46.2 Å². The zero-order chi connectivity index (χ0) is 36.2. The van der Waals surface area contributed by atoms with Crippen molar-refractivity contribution in [3.63, 3.8) is 0 Å². The molecule has 0 bridgehead atoms. The molecule has 0 aromatic heterocycles. The molecular weight excluding hydrogens is 672 g/mol. The minimum Gasteiger partial charge on any atom is -0.444 e. The summed E-state index contributed by atoms with van der Waals surface area (Å²) in [5, 5.41) is 5.21. The van der Waals surface area contributed by atoms with Crippen LogP contribution < -0.4 is 15.4 Å². The smallest absolute Gasteiger partial charge is 0.410 e. The van der Waals surface area contributed by atoms with E-state index in [0.29, 0.717) is 29.7 Å². The number of hydrogen-bond donors (Lipinski definition) is 3. The SMILES string of the molecule is C=C[C@@H]1C[C@]1(NC(=O)C1C[C@@H](OC(=O)N2Cc3cccc(F)c3C2)CN1C(=O)[C@@H](Nc1ccc(F)cc1)C(C)(C)C)C(=O)NS(=O)(=O)C1CC1. The quantitative estimate of drug-likeness (QED) is 0.316. The summed E-state index contributed by atoms with van der Waals surface area (Å²) in [7, 11) is -3.92. The third-order valence-corrected chi connectivity index (χ3v) is 11.6. The monoisotopic (exact) mass is 713 g/mol. The van der Waals surface area contributed by atoms with Gasteiger partial charge in [-0.15, -0.1) is 6.58 Å². The lowest BCUT2D eigenvalue weighted by Gasteiger charge is -2.36. The van der Waals surface area contributed by atoms with Crippen LogP contribution in [0, 0.1) is 23.0 Å². The molecule has 2 saturated carbocycles. The Labute approximate surface area is 289 Å². The largest absolute Gasteiger partial charge is 0.444 e. The summed E-state index contributed by atoms with van der Waals surface area (Å²) in [5.74, 6) is -3.57. The van der Waals surface area contributed by atoms with Gasteiger partial charge in [0.15, 0.2) is 0 Å². The number of ether oxygens (including phenoxy) is 1. The molecule has 2 heterocycles. The maximum absolute atomic E-state index is 14.4. The number of likely N-dealkylation sites (tertiary alicyclic amines) is 1. The summed E-state index contributed by atoms with van der Waals surface area (Å²) < 4.78 is 61.2. The molecule has 2 aromatic carbocycles. The van der Waals surface area contributed by atoms with Gasteiger partial charge in [-0.3, -0.25) is 24.0 Å². The molecular formula is C35H41F2N5O7S. The molecule has 2 aliphatic heterocycles. The highest BCUT2D eigenvalue weighted by atomic mass is 32.2. The van der Waals surface area contributed by atoms with Gasteiger partial charge in [-0.1, -0.05) is 39.0 Å². The number of rotatable bonds is 10. The number of fused-ring (bicyclic) bond motifs is 1. The van der Waals surface area contributed by atoms with E-state index < -0.39 is 85.8 Å². The van der Waals surface area contributed by atoms with E-state index in [1.54, 1.807) is 12.1 Å². The van der Waals surface area contributed by atoms with Crippen molar-refractivity contribution in [2.75, 3.05) is 11.9 Å². The minimum absolute atomic E-state index is 0.00184. The number of nitrogens with one attached hydrogen (secondary N) is 3. The van der Waals surface area contributed by atoms with Crippen molar-refractivity contribution in [1.29, 1.82) is 0 Å². The van der Waals surface area contributed by atoms with E-state index in [2.05, 4.69) is 21.9 Å². The molecule has 0 radical (unpaired) electrons. The molecule has 50 heavy (non-hydrogen) atoms. The first kappa shape index (κ1) is 35.3. The Morgan fingerprint density at radius 3 is 2.36 bits per heavy atom. The molecule has 268 valence electrons. The number of anilines is 1. The summed E-state index contributed by atoms with van der Waals surface area (Å²) in [6.07, 6.45) is 0.628. The number of benzene rings is 2. The fourth-order valence-corrected chi connectivity index (χ4v) is 8.01. The Hall–Kier alpha value is -4.53. The predicted molar refractivity (Wildman–Crippen MR) is 179 cm³/mol. The topological polar surface area (TPSA) is 154 Å². The molecule has 4 amide bonds. The molecule has 2 aliphatic carbocycles. The summed E-state index contributed by atoms with van der Waals surface area (Å²) in [4.78, 5) is 57.8. The maximum Gasteiger partial charge on any atom is 0.410 e. The number of nitrogens with zero attached hydrogens (tertiary/aromatic N) is 2. The molecule has 4 aliphatic rings. The van der Waals surface area contributed by atoms with Crippen LogP contribution in [-0.2, 0) is 42.2 Å². The van der Waals surface area contributed by atoms with E-state index >= 15 is 0 Å². The number of carbonyl (C=O) groups excluding carboxylic acids is 4. The van der Waals surface area contributed by atoms with Crippen LogP contribution in [0.3, 0.4) is 0 Å². The van der Waals surface area contributed by atoms with E-state index in [0.717, 1.165) is 0 Å². The van der Waals surface area contributed by atoms with Crippen LogP contribution >= 0.6 is 0 Å². The van der Waals surface area contributed by atoms with Gasteiger partial charge < -0.3 is 20.3 Å². The highest BCUT2D eigenvalue weighted by molar-refractivity contribution is 7.91. The lowest BCUT2D eigenvalue weighted by atomic mass is 9.85. The molecule has 1 saturated heterocycles. The zero-order valence-corrected chi connectivity index (χ0v) is 28.9. The van der Waals surface area contributed by atoms with Crippen LogP contribution in [0.2, 0.25) is 0 Å².